The molecule has 4 nitrogen and oxygen atoms in total. The Hall–Kier alpha value is -1.55. The van der Waals surface area contributed by atoms with Gasteiger partial charge in [0.25, 0.3) is 5.91 Å². The van der Waals surface area contributed by atoms with Crippen molar-refractivity contribution in [3.63, 3.8) is 0 Å². The summed E-state index contributed by atoms with van der Waals surface area (Å²) in [6.07, 6.45) is 0. The van der Waals surface area contributed by atoms with E-state index < -0.39 is 0 Å². The minimum atomic E-state index is -0.0480. The highest BCUT2D eigenvalue weighted by Crippen LogP contribution is 2.12. The minimum absolute atomic E-state index is 0.0480. The lowest BCUT2D eigenvalue weighted by Crippen LogP contribution is -2.39. The number of benzene rings is 1. The molecule has 1 aromatic carbocycles. The molecule has 0 bridgehead atoms. The maximum Gasteiger partial charge on any atom is 0.251 e. The molecule has 0 aliphatic carbocycles. The first-order valence-corrected chi connectivity index (χ1v) is 6.24. The third-order valence-corrected chi connectivity index (χ3v) is 3.23. The number of anilines is 1. The highest BCUT2D eigenvalue weighted by atomic mass is 16.1. The normalized spacial score (nSPS) is 13.8. The topological polar surface area (TPSA) is 58.4 Å². The molecule has 1 aromatic rings. The molecule has 0 saturated carbocycles. The Kier molecular flexibility index (Phi) is 5.16. The quantitative estimate of drug-likeness (QED) is 0.830. The molecule has 0 aromatic heterocycles. The first kappa shape index (κ1) is 14.5. The molecule has 100 valence electrons. The van der Waals surface area contributed by atoms with Crippen LogP contribution < -0.4 is 16.0 Å². The Bertz CT molecular complexity index is 387. The summed E-state index contributed by atoms with van der Waals surface area (Å²) >= 11 is 0. The predicted molar refractivity (Wildman–Crippen MR) is 75.9 cm³/mol. The maximum atomic E-state index is 12.0. The molecule has 0 saturated heterocycles. The van der Waals surface area contributed by atoms with Gasteiger partial charge in [0.2, 0.25) is 0 Å². The molecule has 2 atom stereocenters. The molecular weight excluding hydrogens is 226 g/mol. The van der Waals surface area contributed by atoms with Gasteiger partial charge in [-0.25, -0.2) is 0 Å². The number of hydrogen-bond acceptors (Lipinski definition) is 3. The number of hydrogen-bond donors (Lipinski definition) is 2. The van der Waals surface area contributed by atoms with Crippen molar-refractivity contribution in [2.75, 3.05) is 25.5 Å². The van der Waals surface area contributed by atoms with E-state index in [1.807, 2.05) is 57.1 Å². The Labute approximate surface area is 109 Å². The second-order valence-corrected chi connectivity index (χ2v) is 4.92. The fraction of sp³-hybridized carbons (Fsp3) is 0.500. The Morgan fingerprint density at radius 1 is 1.28 bits per heavy atom. The van der Waals surface area contributed by atoms with Crippen molar-refractivity contribution in [1.29, 1.82) is 0 Å². The lowest BCUT2D eigenvalue weighted by atomic mass is 10.0. The van der Waals surface area contributed by atoms with Crippen LogP contribution in [-0.4, -0.2) is 32.6 Å². The molecule has 4 heteroatoms. The van der Waals surface area contributed by atoms with Gasteiger partial charge in [-0.1, -0.05) is 6.92 Å². The van der Waals surface area contributed by atoms with Crippen LogP contribution in [0.4, 0.5) is 5.69 Å². The van der Waals surface area contributed by atoms with Crippen LogP contribution in [0.3, 0.4) is 0 Å². The SMILES string of the molecule is CC(CN)C(C)NC(=O)c1ccc(N(C)C)cc1. The van der Waals surface area contributed by atoms with Crippen LogP contribution in [0.25, 0.3) is 0 Å². The second-order valence-electron chi connectivity index (χ2n) is 4.92. The standard InChI is InChI=1S/C14H23N3O/c1-10(9-15)11(2)16-14(18)12-5-7-13(8-6-12)17(3)4/h5-8,10-11H,9,15H2,1-4H3,(H,16,18). The molecule has 1 rings (SSSR count). The Morgan fingerprint density at radius 2 is 1.83 bits per heavy atom. The van der Waals surface area contributed by atoms with E-state index in [0.29, 0.717) is 12.1 Å². The van der Waals surface area contributed by atoms with Gasteiger partial charge in [-0.3, -0.25) is 4.79 Å². The maximum absolute atomic E-state index is 12.0. The molecule has 0 spiro atoms. The number of carbonyl (C=O) groups excluding carboxylic acids is 1. The fourth-order valence-corrected chi connectivity index (χ4v) is 1.55. The van der Waals surface area contributed by atoms with Crippen molar-refractivity contribution in [3.05, 3.63) is 29.8 Å². The van der Waals surface area contributed by atoms with Gasteiger partial charge < -0.3 is 16.0 Å². The van der Waals surface area contributed by atoms with E-state index in [4.69, 9.17) is 5.73 Å². The lowest BCUT2D eigenvalue weighted by Gasteiger charge is -2.20. The zero-order valence-corrected chi connectivity index (χ0v) is 11.6. The average molecular weight is 249 g/mol. The molecule has 18 heavy (non-hydrogen) atoms. The first-order valence-electron chi connectivity index (χ1n) is 6.24. The number of nitrogens with zero attached hydrogens (tertiary/aromatic N) is 1. The van der Waals surface area contributed by atoms with E-state index in [0.717, 1.165) is 5.69 Å². The minimum Gasteiger partial charge on any atom is -0.378 e. The highest BCUT2D eigenvalue weighted by Gasteiger charge is 2.14. The molecule has 0 fully saturated rings. The van der Waals surface area contributed by atoms with E-state index in [2.05, 4.69) is 5.32 Å². The largest absolute Gasteiger partial charge is 0.378 e. The van der Waals surface area contributed by atoms with Gasteiger partial charge in [0.05, 0.1) is 0 Å². The second kappa shape index (κ2) is 6.40. The number of nitrogens with two attached hydrogens (primary N) is 1. The summed E-state index contributed by atoms with van der Waals surface area (Å²) in [6, 6.07) is 7.63. The molecule has 0 heterocycles. The smallest absolute Gasteiger partial charge is 0.251 e. The van der Waals surface area contributed by atoms with Gasteiger partial charge in [0.1, 0.15) is 0 Å². The Morgan fingerprint density at radius 3 is 2.28 bits per heavy atom. The summed E-state index contributed by atoms with van der Waals surface area (Å²) in [5.74, 6) is 0.225. The van der Waals surface area contributed by atoms with E-state index >= 15 is 0 Å². The summed E-state index contributed by atoms with van der Waals surface area (Å²) in [7, 11) is 3.94. The zero-order valence-electron chi connectivity index (χ0n) is 11.6. The monoisotopic (exact) mass is 249 g/mol. The molecule has 0 aliphatic heterocycles. The van der Waals surface area contributed by atoms with Crippen LogP contribution in [0.2, 0.25) is 0 Å². The summed E-state index contributed by atoms with van der Waals surface area (Å²) < 4.78 is 0. The van der Waals surface area contributed by atoms with Crippen LogP contribution in [-0.2, 0) is 0 Å². The lowest BCUT2D eigenvalue weighted by molar-refractivity contribution is 0.0929. The van der Waals surface area contributed by atoms with Crippen LogP contribution in [0, 0.1) is 5.92 Å². The van der Waals surface area contributed by atoms with E-state index in [9.17, 15) is 4.79 Å². The third-order valence-electron chi connectivity index (χ3n) is 3.23. The van der Waals surface area contributed by atoms with Gasteiger partial charge in [-0.2, -0.15) is 0 Å². The number of nitrogens with one attached hydrogen (secondary N) is 1. The molecular formula is C14H23N3O. The van der Waals surface area contributed by atoms with Crippen LogP contribution in [0.15, 0.2) is 24.3 Å². The van der Waals surface area contributed by atoms with Gasteiger partial charge in [0, 0.05) is 31.4 Å². The summed E-state index contributed by atoms with van der Waals surface area (Å²) in [5.41, 5.74) is 7.34. The predicted octanol–water partition coefficient (Wildman–Crippen LogP) is 1.47. The van der Waals surface area contributed by atoms with Crippen molar-refractivity contribution in [2.24, 2.45) is 11.7 Å². The van der Waals surface area contributed by atoms with Crippen molar-refractivity contribution in [2.45, 2.75) is 19.9 Å². The van der Waals surface area contributed by atoms with Gasteiger partial charge in [-0.15, -0.1) is 0 Å². The third kappa shape index (κ3) is 3.74. The number of carbonyl (C=O) groups is 1. The van der Waals surface area contributed by atoms with Crippen molar-refractivity contribution < 1.29 is 4.79 Å². The number of amides is 1. The highest BCUT2D eigenvalue weighted by molar-refractivity contribution is 5.94. The van der Waals surface area contributed by atoms with Crippen LogP contribution in [0.1, 0.15) is 24.2 Å². The fourth-order valence-electron chi connectivity index (χ4n) is 1.55. The molecule has 0 aliphatic rings. The van der Waals surface area contributed by atoms with E-state index in [1.54, 1.807) is 0 Å². The van der Waals surface area contributed by atoms with Crippen molar-refractivity contribution in [1.82, 2.24) is 5.32 Å². The molecule has 3 N–H and O–H groups in total. The van der Waals surface area contributed by atoms with Crippen molar-refractivity contribution in [3.8, 4) is 0 Å². The zero-order chi connectivity index (χ0) is 13.7. The summed E-state index contributed by atoms with van der Waals surface area (Å²) in [5, 5.41) is 2.96. The summed E-state index contributed by atoms with van der Waals surface area (Å²) in [4.78, 5) is 14.0. The first-order chi connectivity index (χ1) is 8.45. The van der Waals surface area contributed by atoms with E-state index in [1.165, 1.54) is 0 Å². The van der Waals surface area contributed by atoms with Crippen LogP contribution >= 0.6 is 0 Å². The van der Waals surface area contributed by atoms with Gasteiger partial charge in [0.15, 0.2) is 0 Å². The van der Waals surface area contributed by atoms with E-state index in [-0.39, 0.29) is 17.9 Å². The number of rotatable bonds is 5. The molecule has 2 unspecified atom stereocenters. The Balaban J connectivity index is 2.67. The van der Waals surface area contributed by atoms with Crippen molar-refractivity contribution >= 4 is 11.6 Å². The average Bonchev–Trinajstić information content (AvgIpc) is 2.37. The molecule has 1 amide bonds. The van der Waals surface area contributed by atoms with Gasteiger partial charge >= 0.3 is 0 Å². The molecule has 0 radical (unpaired) electrons. The van der Waals surface area contributed by atoms with Crippen LogP contribution in [0.5, 0.6) is 0 Å². The summed E-state index contributed by atoms with van der Waals surface area (Å²) in [6.45, 7) is 4.57. The van der Waals surface area contributed by atoms with Gasteiger partial charge in [-0.05, 0) is 43.7 Å².